The van der Waals surface area contributed by atoms with Crippen LogP contribution in [0.15, 0.2) is 0 Å². The highest BCUT2D eigenvalue weighted by Crippen LogP contribution is 2.30. The first-order valence-corrected chi connectivity index (χ1v) is 4.82. The number of hydrogen-bond donors (Lipinski definition) is 1. The number of nitrogens with zero attached hydrogens (tertiary/aromatic N) is 1. The lowest BCUT2D eigenvalue weighted by molar-refractivity contribution is 0.205. The number of piperidine rings is 1. The molecule has 0 unspecified atom stereocenters. The summed E-state index contributed by atoms with van der Waals surface area (Å²) >= 11 is 0. The highest BCUT2D eigenvalue weighted by molar-refractivity contribution is 4.81. The van der Waals surface area contributed by atoms with Gasteiger partial charge >= 0.3 is 0 Å². The summed E-state index contributed by atoms with van der Waals surface area (Å²) in [7, 11) is 0. The molecule has 1 saturated heterocycles. The van der Waals surface area contributed by atoms with E-state index in [4.69, 9.17) is 5.73 Å². The molecule has 1 aliphatic heterocycles. The summed E-state index contributed by atoms with van der Waals surface area (Å²) in [4.78, 5) is 2.58. The van der Waals surface area contributed by atoms with Crippen LogP contribution < -0.4 is 5.73 Å². The molecule has 2 fully saturated rings. The summed E-state index contributed by atoms with van der Waals surface area (Å²) in [6, 6.07) is 0.491. The highest BCUT2D eigenvalue weighted by Gasteiger charge is 2.25. The van der Waals surface area contributed by atoms with Crippen molar-refractivity contribution in [2.45, 2.75) is 31.7 Å². The van der Waals surface area contributed by atoms with Gasteiger partial charge in [0.05, 0.1) is 0 Å². The lowest BCUT2D eigenvalue weighted by Crippen LogP contribution is -2.40. The Bertz CT molecular complexity index is 124. The summed E-state index contributed by atoms with van der Waals surface area (Å²) in [6.07, 6.45) is 5.38. The van der Waals surface area contributed by atoms with E-state index in [-0.39, 0.29) is 0 Å². The first-order chi connectivity index (χ1) is 5.34. The predicted octanol–water partition coefficient (Wildman–Crippen LogP) is 0.819. The van der Waals surface area contributed by atoms with Crippen molar-refractivity contribution in [2.24, 2.45) is 11.7 Å². The van der Waals surface area contributed by atoms with Gasteiger partial charge in [0, 0.05) is 12.6 Å². The van der Waals surface area contributed by atoms with Gasteiger partial charge in [-0.15, -0.1) is 0 Å². The maximum absolute atomic E-state index is 5.82. The van der Waals surface area contributed by atoms with Crippen molar-refractivity contribution in [3.63, 3.8) is 0 Å². The zero-order valence-corrected chi connectivity index (χ0v) is 7.13. The quantitative estimate of drug-likeness (QED) is 0.638. The Morgan fingerprint density at radius 1 is 1.09 bits per heavy atom. The van der Waals surface area contributed by atoms with Crippen LogP contribution in [-0.4, -0.2) is 30.6 Å². The van der Waals surface area contributed by atoms with Crippen molar-refractivity contribution in [2.75, 3.05) is 19.6 Å². The Morgan fingerprint density at radius 3 is 2.27 bits per heavy atom. The van der Waals surface area contributed by atoms with Gasteiger partial charge in [-0.25, -0.2) is 0 Å². The van der Waals surface area contributed by atoms with Crippen LogP contribution in [0.4, 0.5) is 0 Å². The standard InChI is InChI=1S/C9H18N2/c10-9-3-5-11(6-4-9)7-8-1-2-8/h8-9H,1-7,10H2. The van der Waals surface area contributed by atoms with E-state index in [1.807, 2.05) is 0 Å². The predicted molar refractivity (Wildman–Crippen MR) is 46.4 cm³/mol. The fraction of sp³-hybridized carbons (Fsp3) is 1.00. The van der Waals surface area contributed by atoms with Gasteiger partial charge in [-0.2, -0.15) is 0 Å². The van der Waals surface area contributed by atoms with Crippen molar-refractivity contribution < 1.29 is 0 Å². The van der Waals surface area contributed by atoms with Crippen molar-refractivity contribution in [3.8, 4) is 0 Å². The molecule has 11 heavy (non-hydrogen) atoms. The summed E-state index contributed by atoms with van der Waals surface area (Å²) < 4.78 is 0. The zero-order valence-electron chi connectivity index (χ0n) is 7.13. The molecule has 2 heteroatoms. The van der Waals surface area contributed by atoms with E-state index in [1.54, 1.807) is 0 Å². The molecule has 0 amide bonds. The molecule has 0 atom stereocenters. The molecule has 1 heterocycles. The Labute approximate surface area is 68.7 Å². The van der Waals surface area contributed by atoms with Gasteiger partial charge in [0.15, 0.2) is 0 Å². The average molecular weight is 154 g/mol. The molecule has 2 N–H and O–H groups in total. The van der Waals surface area contributed by atoms with Crippen LogP contribution in [0.2, 0.25) is 0 Å². The first-order valence-electron chi connectivity index (χ1n) is 4.82. The lowest BCUT2D eigenvalue weighted by atomic mass is 10.1. The van der Waals surface area contributed by atoms with E-state index in [0.29, 0.717) is 6.04 Å². The molecular weight excluding hydrogens is 136 g/mol. The van der Waals surface area contributed by atoms with Gasteiger partial charge in [0.2, 0.25) is 0 Å². The Balaban J connectivity index is 1.69. The molecule has 2 aliphatic rings. The van der Waals surface area contributed by atoms with Gasteiger partial charge in [-0.05, 0) is 44.7 Å². The van der Waals surface area contributed by atoms with Gasteiger partial charge in [0.1, 0.15) is 0 Å². The molecule has 2 rings (SSSR count). The minimum Gasteiger partial charge on any atom is -0.328 e. The zero-order chi connectivity index (χ0) is 7.68. The molecule has 0 radical (unpaired) electrons. The number of hydrogen-bond acceptors (Lipinski definition) is 2. The second-order valence-electron chi connectivity index (χ2n) is 4.08. The smallest absolute Gasteiger partial charge is 0.00631 e. The molecule has 0 spiro atoms. The molecule has 0 aromatic rings. The SMILES string of the molecule is NC1CCN(CC2CC2)CC1. The van der Waals surface area contributed by atoms with Crippen LogP contribution >= 0.6 is 0 Å². The van der Waals surface area contributed by atoms with Crippen LogP contribution in [0.5, 0.6) is 0 Å². The maximum Gasteiger partial charge on any atom is 0.00631 e. The van der Waals surface area contributed by atoms with Crippen LogP contribution in [0.25, 0.3) is 0 Å². The summed E-state index contributed by atoms with van der Waals surface area (Å²) in [5, 5.41) is 0. The topological polar surface area (TPSA) is 29.3 Å². The van der Waals surface area contributed by atoms with Crippen LogP contribution in [-0.2, 0) is 0 Å². The summed E-state index contributed by atoms with van der Waals surface area (Å²) in [5.41, 5.74) is 5.82. The molecule has 0 aromatic carbocycles. The van der Waals surface area contributed by atoms with E-state index in [1.165, 1.54) is 45.3 Å². The minimum absolute atomic E-state index is 0.491. The average Bonchev–Trinajstić information content (AvgIpc) is 2.78. The van der Waals surface area contributed by atoms with Crippen molar-refractivity contribution >= 4 is 0 Å². The molecule has 0 bridgehead atoms. The van der Waals surface area contributed by atoms with Crippen LogP contribution in [0.3, 0.4) is 0 Å². The third-order valence-corrected chi connectivity index (χ3v) is 2.85. The molecule has 2 nitrogen and oxygen atoms in total. The molecular formula is C9H18N2. The van der Waals surface area contributed by atoms with E-state index < -0.39 is 0 Å². The monoisotopic (exact) mass is 154 g/mol. The fourth-order valence-electron chi connectivity index (χ4n) is 1.80. The lowest BCUT2D eigenvalue weighted by Gasteiger charge is -2.29. The van der Waals surface area contributed by atoms with Crippen molar-refractivity contribution in [1.82, 2.24) is 4.90 Å². The number of likely N-dealkylation sites (tertiary alicyclic amines) is 1. The van der Waals surface area contributed by atoms with Gasteiger partial charge in [0.25, 0.3) is 0 Å². The van der Waals surface area contributed by atoms with Gasteiger partial charge in [-0.1, -0.05) is 0 Å². The van der Waals surface area contributed by atoms with E-state index in [0.717, 1.165) is 5.92 Å². The summed E-state index contributed by atoms with van der Waals surface area (Å²) in [5.74, 6) is 1.05. The molecule has 0 aromatic heterocycles. The second kappa shape index (κ2) is 3.11. The van der Waals surface area contributed by atoms with E-state index in [9.17, 15) is 0 Å². The number of rotatable bonds is 2. The fourth-order valence-corrected chi connectivity index (χ4v) is 1.80. The normalized spacial score (nSPS) is 29.2. The van der Waals surface area contributed by atoms with Gasteiger partial charge < -0.3 is 10.6 Å². The largest absolute Gasteiger partial charge is 0.328 e. The Morgan fingerprint density at radius 2 is 1.73 bits per heavy atom. The summed E-state index contributed by atoms with van der Waals surface area (Å²) in [6.45, 7) is 3.85. The van der Waals surface area contributed by atoms with Crippen molar-refractivity contribution in [1.29, 1.82) is 0 Å². The Hall–Kier alpha value is -0.0800. The molecule has 64 valence electrons. The van der Waals surface area contributed by atoms with Crippen LogP contribution in [0, 0.1) is 5.92 Å². The maximum atomic E-state index is 5.82. The third kappa shape index (κ3) is 2.17. The van der Waals surface area contributed by atoms with E-state index in [2.05, 4.69) is 4.90 Å². The van der Waals surface area contributed by atoms with Crippen LogP contribution in [0.1, 0.15) is 25.7 Å². The van der Waals surface area contributed by atoms with Gasteiger partial charge in [-0.3, -0.25) is 0 Å². The molecule has 1 aliphatic carbocycles. The highest BCUT2D eigenvalue weighted by atomic mass is 15.1. The molecule has 1 saturated carbocycles. The first kappa shape index (κ1) is 7.56. The Kier molecular flexibility index (Phi) is 2.14. The van der Waals surface area contributed by atoms with Crippen molar-refractivity contribution in [3.05, 3.63) is 0 Å². The second-order valence-corrected chi connectivity index (χ2v) is 4.08. The minimum atomic E-state index is 0.491. The number of nitrogens with two attached hydrogens (primary N) is 1. The van der Waals surface area contributed by atoms with E-state index >= 15 is 0 Å². The third-order valence-electron chi connectivity index (χ3n) is 2.85.